The van der Waals surface area contributed by atoms with Crippen LogP contribution in [0.5, 0.6) is 0 Å². The molecule has 7 heteroatoms. The van der Waals surface area contributed by atoms with Crippen molar-refractivity contribution in [3.63, 3.8) is 0 Å². The first-order valence-electron chi connectivity index (χ1n) is 7.99. The Morgan fingerprint density at radius 1 is 1.16 bits per heavy atom. The standard InChI is InChI=1S/C18H18N4O2S/c1-2-16(23)22-18-21-14-6-5-12(8-15(14)25-18)9-17(24)20-11-13-4-3-7-19-10-13/h3-8,10H,2,9,11H2,1H3,(H,20,24)(H,21,22,23). The van der Waals surface area contributed by atoms with Gasteiger partial charge in [-0.25, -0.2) is 4.98 Å². The second-order valence-corrected chi connectivity index (χ2v) is 6.57. The van der Waals surface area contributed by atoms with Gasteiger partial charge in [0.2, 0.25) is 11.8 Å². The molecule has 3 rings (SSSR count). The summed E-state index contributed by atoms with van der Waals surface area (Å²) in [5.41, 5.74) is 2.69. The smallest absolute Gasteiger partial charge is 0.225 e. The number of hydrogen-bond donors (Lipinski definition) is 2. The number of aromatic nitrogens is 2. The zero-order valence-electron chi connectivity index (χ0n) is 13.8. The van der Waals surface area contributed by atoms with Gasteiger partial charge in [0, 0.05) is 25.4 Å². The van der Waals surface area contributed by atoms with Crippen molar-refractivity contribution in [2.45, 2.75) is 26.3 Å². The zero-order valence-corrected chi connectivity index (χ0v) is 14.6. The quantitative estimate of drug-likeness (QED) is 0.713. The summed E-state index contributed by atoms with van der Waals surface area (Å²) >= 11 is 1.41. The molecule has 2 heterocycles. The predicted molar refractivity (Wildman–Crippen MR) is 98.3 cm³/mol. The number of thiazole rings is 1. The van der Waals surface area contributed by atoms with Crippen molar-refractivity contribution in [2.75, 3.05) is 5.32 Å². The van der Waals surface area contributed by atoms with Crippen LogP contribution in [0.15, 0.2) is 42.7 Å². The Labute approximate surface area is 149 Å². The van der Waals surface area contributed by atoms with Crippen LogP contribution in [0.2, 0.25) is 0 Å². The average molecular weight is 354 g/mol. The van der Waals surface area contributed by atoms with E-state index in [-0.39, 0.29) is 11.8 Å². The third kappa shape index (κ3) is 4.60. The van der Waals surface area contributed by atoms with Crippen LogP contribution < -0.4 is 10.6 Å². The Bertz CT molecular complexity index is 892. The number of amides is 2. The van der Waals surface area contributed by atoms with E-state index in [4.69, 9.17) is 0 Å². The van der Waals surface area contributed by atoms with Crippen LogP contribution in [-0.4, -0.2) is 21.8 Å². The maximum absolute atomic E-state index is 12.1. The van der Waals surface area contributed by atoms with Crippen LogP contribution in [0.4, 0.5) is 5.13 Å². The topological polar surface area (TPSA) is 84.0 Å². The molecule has 0 spiro atoms. The van der Waals surface area contributed by atoms with E-state index in [0.29, 0.717) is 24.5 Å². The predicted octanol–water partition coefficient (Wildman–Crippen LogP) is 2.90. The molecule has 128 valence electrons. The van der Waals surface area contributed by atoms with Crippen LogP contribution in [-0.2, 0) is 22.6 Å². The Morgan fingerprint density at radius 3 is 2.80 bits per heavy atom. The second kappa shape index (κ2) is 7.85. The number of benzene rings is 1. The molecule has 0 saturated carbocycles. The lowest BCUT2D eigenvalue weighted by Gasteiger charge is -2.05. The van der Waals surface area contributed by atoms with E-state index in [2.05, 4.69) is 20.6 Å². The summed E-state index contributed by atoms with van der Waals surface area (Å²) in [5.74, 6) is -0.110. The molecule has 0 saturated heterocycles. The van der Waals surface area contributed by atoms with Crippen molar-refractivity contribution in [2.24, 2.45) is 0 Å². The summed E-state index contributed by atoms with van der Waals surface area (Å²) in [6.45, 7) is 2.26. The van der Waals surface area contributed by atoms with E-state index in [1.165, 1.54) is 11.3 Å². The second-order valence-electron chi connectivity index (χ2n) is 5.54. The van der Waals surface area contributed by atoms with Gasteiger partial charge in [-0.05, 0) is 29.3 Å². The van der Waals surface area contributed by atoms with Gasteiger partial charge in [0.1, 0.15) is 0 Å². The van der Waals surface area contributed by atoms with E-state index in [1.54, 1.807) is 19.3 Å². The third-order valence-electron chi connectivity index (χ3n) is 3.60. The molecule has 0 unspecified atom stereocenters. The number of fused-ring (bicyclic) bond motifs is 1. The summed E-state index contributed by atoms with van der Waals surface area (Å²) in [6, 6.07) is 9.46. The van der Waals surface area contributed by atoms with E-state index < -0.39 is 0 Å². The van der Waals surface area contributed by atoms with Crippen LogP contribution in [0.3, 0.4) is 0 Å². The molecule has 0 radical (unpaired) electrons. The van der Waals surface area contributed by atoms with Gasteiger partial charge in [0.25, 0.3) is 0 Å². The van der Waals surface area contributed by atoms with Crippen LogP contribution in [0, 0.1) is 0 Å². The minimum atomic E-state index is -0.0611. The third-order valence-corrected chi connectivity index (χ3v) is 4.53. The summed E-state index contributed by atoms with van der Waals surface area (Å²) in [7, 11) is 0. The van der Waals surface area contributed by atoms with Gasteiger partial charge in [-0.15, -0.1) is 0 Å². The molecule has 2 aromatic heterocycles. The van der Waals surface area contributed by atoms with Gasteiger partial charge in [-0.2, -0.15) is 0 Å². The summed E-state index contributed by atoms with van der Waals surface area (Å²) < 4.78 is 0.948. The van der Waals surface area contributed by atoms with Crippen molar-refractivity contribution in [1.82, 2.24) is 15.3 Å². The summed E-state index contributed by atoms with van der Waals surface area (Å²) in [6.07, 6.45) is 4.14. The van der Waals surface area contributed by atoms with Crippen molar-refractivity contribution in [3.8, 4) is 0 Å². The molecule has 0 aliphatic rings. The number of carbonyl (C=O) groups is 2. The molecule has 25 heavy (non-hydrogen) atoms. The fourth-order valence-corrected chi connectivity index (χ4v) is 3.24. The number of anilines is 1. The molecule has 2 N–H and O–H groups in total. The number of hydrogen-bond acceptors (Lipinski definition) is 5. The SMILES string of the molecule is CCC(=O)Nc1nc2ccc(CC(=O)NCc3cccnc3)cc2s1. The van der Waals surface area contributed by atoms with Gasteiger partial charge in [-0.1, -0.05) is 30.4 Å². The lowest BCUT2D eigenvalue weighted by molar-refractivity contribution is -0.120. The van der Waals surface area contributed by atoms with Crippen molar-refractivity contribution >= 4 is 38.5 Å². The van der Waals surface area contributed by atoms with Gasteiger partial charge < -0.3 is 10.6 Å². The first-order chi connectivity index (χ1) is 12.1. The highest BCUT2D eigenvalue weighted by Crippen LogP contribution is 2.27. The highest BCUT2D eigenvalue weighted by Gasteiger charge is 2.09. The first kappa shape index (κ1) is 17.0. The highest BCUT2D eigenvalue weighted by atomic mass is 32.1. The van der Waals surface area contributed by atoms with E-state index in [1.807, 2.05) is 30.3 Å². The molecule has 2 amide bonds. The van der Waals surface area contributed by atoms with Crippen molar-refractivity contribution < 1.29 is 9.59 Å². The molecule has 1 aromatic carbocycles. The van der Waals surface area contributed by atoms with Gasteiger partial charge in [0.15, 0.2) is 5.13 Å². The number of nitrogens with zero attached hydrogens (tertiary/aromatic N) is 2. The molecule has 0 atom stereocenters. The fourth-order valence-electron chi connectivity index (χ4n) is 2.29. The minimum absolute atomic E-state index is 0.0489. The monoisotopic (exact) mass is 354 g/mol. The van der Waals surface area contributed by atoms with Crippen LogP contribution >= 0.6 is 11.3 Å². The largest absolute Gasteiger partial charge is 0.352 e. The van der Waals surface area contributed by atoms with Crippen LogP contribution in [0.1, 0.15) is 24.5 Å². The van der Waals surface area contributed by atoms with E-state index in [0.717, 1.165) is 21.3 Å². The first-order valence-corrected chi connectivity index (χ1v) is 8.80. The maximum Gasteiger partial charge on any atom is 0.225 e. The number of carbonyl (C=O) groups excluding carboxylic acids is 2. The zero-order chi connectivity index (χ0) is 17.6. The number of nitrogens with one attached hydrogen (secondary N) is 2. The highest BCUT2D eigenvalue weighted by molar-refractivity contribution is 7.22. The Morgan fingerprint density at radius 2 is 2.04 bits per heavy atom. The van der Waals surface area contributed by atoms with Gasteiger partial charge >= 0.3 is 0 Å². The molecule has 0 aliphatic heterocycles. The Kier molecular flexibility index (Phi) is 5.35. The lowest BCUT2D eigenvalue weighted by atomic mass is 10.1. The fraction of sp³-hybridized carbons (Fsp3) is 0.222. The molecule has 3 aromatic rings. The number of rotatable bonds is 6. The van der Waals surface area contributed by atoms with E-state index in [9.17, 15) is 9.59 Å². The Hall–Kier alpha value is -2.80. The van der Waals surface area contributed by atoms with Gasteiger partial charge in [0.05, 0.1) is 16.6 Å². The van der Waals surface area contributed by atoms with Crippen molar-refractivity contribution in [3.05, 3.63) is 53.9 Å². The minimum Gasteiger partial charge on any atom is -0.352 e. The Balaban J connectivity index is 1.63. The molecule has 0 bridgehead atoms. The molecular formula is C18H18N4O2S. The lowest BCUT2D eigenvalue weighted by Crippen LogP contribution is -2.24. The molecule has 6 nitrogen and oxygen atoms in total. The molecular weight excluding hydrogens is 336 g/mol. The van der Waals surface area contributed by atoms with Crippen LogP contribution in [0.25, 0.3) is 10.2 Å². The number of pyridine rings is 1. The average Bonchev–Trinajstić information content (AvgIpc) is 3.02. The van der Waals surface area contributed by atoms with E-state index >= 15 is 0 Å². The van der Waals surface area contributed by atoms with Gasteiger partial charge in [-0.3, -0.25) is 14.6 Å². The maximum atomic E-state index is 12.1. The molecule has 0 aliphatic carbocycles. The molecule has 0 fully saturated rings. The van der Waals surface area contributed by atoms with Crippen molar-refractivity contribution in [1.29, 1.82) is 0 Å². The summed E-state index contributed by atoms with van der Waals surface area (Å²) in [4.78, 5) is 32.0. The normalized spacial score (nSPS) is 10.6. The summed E-state index contributed by atoms with van der Waals surface area (Å²) in [5, 5.41) is 6.23.